The Labute approximate surface area is 207 Å². The van der Waals surface area contributed by atoms with Crippen molar-refractivity contribution in [2.24, 2.45) is 0 Å². The van der Waals surface area contributed by atoms with Gasteiger partial charge in [-0.15, -0.1) is 6.58 Å². The van der Waals surface area contributed by atoms with Crippen LogP contribution in [0.3, 0.4) is 0 Å². The summed E-state index contributed by atoms with van der Waals surface area (Å²) >= 11 is 0. The first-order valence-electron chi connectivity index (χ1n) is 12.1. The number of rotatable bonds is 12. The van der Waals surface area contributed by atoms with Crippen LogP contribution in [0, 0.1) is 0 Å². The van der Waals surface area contributed by atoms with Gasteiger partial charge in [-0.2, -0.15) is 0 Å². The summed E-state index contributed by atoms with van der Waals surface area (Å²) in [5.74, 6) is 0. The molecule has 5 heteroatoms. The SMILES string of the molecule is C=CC[C@@H]1O[C@H](COCc2ccccc2)[C@@H](OCc2ccccc2)[C@H](OCc2ccccc2)[C@@H]1O. The zero-order chi connectivity index (χ0) is 24.3. The van der Waals surface area contributed by atoms with E-state index in [1.807, 2.05) is 91.0 Å². The number of hydrogen-bond acceptors (Lipinski definition) is 5. The average molecular weight is 475 g/mol. The highest BCUT2D eigenvalue weighted by atomic mass is 16.6. The molecule has 0 aromatic heterocycles. The van der Waals surface area contributed by atoms with Crippen LogP contribution in [-0.2, 0) is 38.8 Å². The van der Waals surface area contributed by atoms with E-state index in [1.54, 1.807) is 6.08 Å². The van der Waals surface area contributed by atoms with E-state index in [-0.39, 0.29) is 0 Å². The standard InChI is InChI=1S/C30H34O5/c1-2-12-26-28(31)30(34-21-25-17-10-5-11-18-25)29(33-20-24-15-8-4-9-16-24)27(35-26)22-32-19-23-13-6-3-7-14-23/h2-11,13-18,26-31H,1,12,19-22H2/t26-,27+,28+,29+,30+/m0/s1. The summed E-state index contributed by atoms with van der Waals surface area (Å²) in [5.41, 5.74) is 3.16. The van der Waals surface area contributed by atoms with E-state index < -0.39 is 30.5 Å². The van der Waals surface area contributed by atoms with Crippen LogP contribution in [0.2, 0.25) is 0 Å². The molecule has 1 aliphatic rings. The summed E-state index contributed by atoms with van der Waals surface area (Å²) < 4.78 is 25.0. The normalized spacial score (nSPS) is 24.2. The van der Waals surface area contributed by atoms with Crippen molar-refractivity contribution in [1.29, 1.82) is 0 Å². The Bertz CT molecular complexity index is 995. The molecule has 3 aromatic carbocycles. The highest BCUT2D eigenvalue weighted by Gasteiger charge is 2.46. The van der Waals surface area contributed by atoms with Crippen LogP contribution in [0.25, 0.3) is 0 Å². The highest BCUT2D eigenvalue weighted by molar-refractivity contribution is 5.15. The summed E-state index contributed by atoms with van der Waals surface area (Å²) in [7, 11) is 0. The van der Waals surface area contributed by atoms with E-state index in [9.17, 15) is 5.11 Å². The molecule has 184 valence electrons. The molecule has 1 fully saturated rings. The largest absolute Gasteiger partial charge is 0.388 e. The van der Waals surface area contributed by atoms with Crippen LogP contribution in [0.5, 0.6) is 0 Å². The molecule has 0 radical (unpaired) electrons. The third kappa shape index (κ3) is 7.34. The Morgan fingerprint density at radius 3 is 1.69 bits per heavy atom. The Morgan fingerprint density at radius 2 is 1.17 bits per heavy atom. The minimum absolute atomic E-state index is 0.319. The second kappa shape index (κ2) is 13.3. The molecule has 0 unspecified atom stereocenters. The number of benzene rings is 3. The minimum atomic E-state index is -0.858. The molecule has 5 atom stereocenters. The van der Waals surface area contributed by atoms with E-state index in [0.717, 1.165) is 16.7 Å². The Hall–Kier alpha value is -2.80. The molecule has 4 rings (SSSR count). The molecule has 1 aliphatic heterocycles. The summed E-state index contributed by atoms with van der Waals surface area (Å²) in [6, 6.07) is 29.9. The average Bonchev–Trinajstić information content (AvgIpc) is 2.90. The maximum absolute atomic E-state index is 11.2. The predicted octanol–water partition coefficient (Wildman–Crippen LogP) is 5.08. The van der Waals surface area contributed by atoms with E-state index >= 15 is 0 Å². The first kappa shape index (κ1) is 25.3. The van der Waals surface area contributed by atoms with E-state index in [4.69, 9.17) is 18.9 Å². The van der Waals surface area contributed by atoms with Gasteiger partial charge >= 0.3 is 0 Å². The lowest BCUT2D eigenvalue weighted by atomic mass is 9.93. The third-order valence-corrected chi connectivity index (χ3v) is 6.12. The van der Waals surface area contributed by atoms with Crippen LogP contribution in [-0.4, -0.2) is 42.2 Å². The quantitative estimate of drug-likeness (QED) is 0.371. The van der Waals surface area contributed by atoms with Gasteiger partial charge in [0.15, 0.2) is 0 Å². The van der Waals surface area contributed by atoms with E-state index in [0.29, 0.717) is 32.8 Å². The van der Waals surface area contributed by atoms with Gasteiger partial charge < -0.3 is 24.1 Å². The molecule has 0 spiro atoms. The van der Waals surface area contributed by atoms with Crippen LogP contribution in [0.15, 0.2) is 104 Å². The van der Waals surface area contributed by atoms with Crippen molar-refractivity contribution in [3.8, 4) is 0 Å². The van der Waals surface area contributed by atoms with Gasteiger partial charge in [0.1, 0.15) is 24.4 Å². The van der Waals surface area contributed by atoms with Crippen molar-refractivity contribution >= 4 is 0 Å². The molecule has 1 saturated heterocycles. The molecular weight excluding hydrogens is 440 g/mol. The fourth-order valence-corrected chi connectivity index (χ4v) is 4.29. The molecule has 0 bridgehead atoms. The lowest BCUT2D eigenvalue weighted by Crippen LogP contribution is -2.60. The highest BCUT2D eigenvalue weighted by Crippen LogP contribution is 2.30. The van der Waals surface area contributed by atoms with Crippen LogP contribution in [0.1, 0.15) is 23.1 Å². The topological polar surface area (TPSA) is 57.2 Å². The zero-order valence-corrected chi connectivity index (χ0v) is 19.9. The van der Waals surface area contributed by atoms with Gasteiger partial charge in [-0.3, -0.25) is 0 Å². The van der Waals surface area contributed by atoms with Crippen molar-refractivity contribution in [3.05, 3.63) is 120 Å². The number of hydrogen-bond donors (Lipinski definition) is 1. The zero-order valence-electron chi connectivity index (χ0n) is 19.9. The third-order valence-electron chi connectivity index (χ3n) is 6.12. The lowest BCUT2D eigenvalue weighted by molar-refractivity contribution is -0.260. The molecule has 1 N–H and O–H groups in total. The molecule has 5 nitrogen and oxygen atoms in total. The fraction of sp³-hybridized carbons (Fsp3) is 0.333. The maximum Gasteiger partial charge on any atom is 0.115 e. The molecular formula is C30H34O5. The van der Waals surface area contributed by atoms with Crippen LogP contribution >= 0.6 is 0 Å². The van der Waals surface area contributed by atoms with Crippen molar-refractivity contribution in [1.82, 2.24) is 0 Å². The lowest BCUT2D eigenvalue weighted by Gasteiger charge is -2.44. The molecule has 35 heavy (non-hydrogen) atoms. The second-order valence-corrected chi connectivity index (χ2v) is 8.75. The smallest absolute Gasteiger partial charge is 0.115 e. The Morgan fingerprint density at radius 1 is 0.686 bits per heavy atom. The number of ether oxygens (including phenoxy) is 4. The molecule has 0 amide bonds. The van der Waals surface area contributed by atoms with Gasteiger partial charge in [0.05, 0.1) is 32.5 Å². The van der Waals surface area contributed by atoms with E-state index in [2.05, 4.69) is 6.58 Å². The second-order valence-electron chi connectivity index (χ2n) is 8.75. The predicted molar refractivity (Wildman–Crippen MR) is 136 cm³/mol. The summed E-state index contributed by atoms with van der Waals surface area (Å²) in [5, 5.41) is 11.2. The Balaban J connectivity index is 1.50. The van der Waals surface area contributed by atoms with E-state index in [1.165, 1.54) is 0 Å². The van der Waals surface area contributed by atoms with Crippen molar-refractivity contribution in [3.63, 3.8) is 0 Å². The summed E-state index contributed by atoms with van der Waals surface area (Å²) in [4.78, 5) is 0. The molecule has 3 aromatic rings. The summed E-state index contributed by atoms with van der Waals surface area (Å²) in [6.45, 7) is 5.37. The number of aliphatic hydroxyl groups excluding tert-OH is 1. The summed E-state index contributed by atoms with van der Waals surface area (Å²) in [6.07, 6.45) is -0.537. The first-order valence-corrected chi connectivity index (χ1v) is 12.1. The van der Waals surface area contributed by atoms with Crippen LogP contribution < -0.4 is 0 Å². The van der Waals surface area contributed by atoms with Crippen LogP contribution in [0.4, 0.5) is 0 Å². The molecule has 0 aliphatic carbocycles. The van der Waals surface area contributed by atoms with Gasteiger partial charge in [0.2, 0.25) is 0 Å². The van der Waals surface area contributed by atoms with Gasteiger partial charge in [-0.25, -0.2) is 0 Å². The van der Waals surface area contributed by atoms with Crippen molar-refractivity contribution in [2.45, 2.75) is 56.8 Å². The first-order chi connectivity index (χ1) is 17.2. The molecule has 0 saturated carbocycles. The van der Waals surface area contributed by atoms with Gasteiger partial charge in [-0.1, -0.05) is 97.1 Å². The van der Waals surface area contributed by atoms with Gasteiger partial charge in [0, 0.05) is 0 Å². The molecule has 1 heterocycles. The minimum Gasteiger partial charge on any atom is -0.388 e. The fourth-order valence-electron chi connectivity index (χ4n) is 4.29. The van der Waals surface area contributed by atoms with Gasteiger partial charge in [-0.05, 0) is 23.1 Å². The maximum atomic E-state index is 11.2. The monoisotopic (exact) mass is 474 g/mol. The van der Waals surface area contributed by atoms with Crippen molar-refractivity contribution < 1.29 is 24.1 Å². The van der Waals surface area contributed by atoms with Crippen molar-refractivity contribution in [2.75, 3.05) is 6.61 Å². The Kier molecular flexibility index (Phi) is 9.64. The van der Waals surface area contributed by atoms with Gasteiger partial charge in [0.25, 0.3) is 0 Å². The number of aliphatic hydroxyl groups is 1.